The van der Waals surface area contributed by atoms with Crippen molar-refractivity contribution in [1.29, 1.82) is 0 Å². The van der Waals surface area contributed by atoms with E-state index in [9.17, 15) is 0 Å². The maximum atomic E-state index is 6.27. The highest BCUT2D eigenvalue weighted by Crippen LogP contribution is 2.34. The van der Waals surface area contributed by atoms with Gasteiger partial charge in [0.05, 0.1) is 16.9 Å². The number of aromatic nitrogens is 2. The summed E-state index contributed by atoms with van der Waals surface area (Å²) in [4.78, 5) is 0. The molecule has 0 saturated heterocycles. The van der Waals surface area contributed by atoms with Crippen LogP contribution < -0.4 is 10.1 Å². The first-order chi connectivity index (χ1) is 10.9. The average molecular weight is 336 g/mol. The fourth-order valence-corrected chi connectivity index (χ4v) is 2.68. The summed E-state index contributed by atoms with van der Waals surface area (Å²) in [6.07, 6.45) is 4.01. The van der Waals surface area contributed by atoms with Crippen molar-refractivity contribution in [3.8, 4) is 17.0 Å². The third-order valence-electron chi connectivity index (χ3n) is 3.76. The van der Waals surface area contributed by atoms with Crippen LogP contribution in [-0.4, -0.2) is 28.5 Å². The van der Waals surface area contributed by atoms with E-state index in [4.69, 9.17) is 16.3 Å². The number of unbranched alkanes of at least 4 members (excludes halogenated alkanes) is 1. The van der Waals surface area contributed by atoms with E-state index >= 15 is 0 Å². The van der Waals surface area contributed by atoms with Gasteiger partial charge in [0, 0.05) is 18.2 Å². The molecule has 0 fully saturated rings. The molecule has 0 bridgehead atoms. The van der Waals surface area contributed by atoms with Gasteiger partial charge in [0.25, 0.3) is 0 Å². The van der Waals surface area contributed by atoms with Crippen LogP contribution in [0.4, 0.5) is 0 Å². The molecule has 126 valence electrons. The molecule has 0 aliphatic rings. The van der Waals surface area contributed by atoms with Crippen molar-refractivity contribution in [2.24, 2.45) is 7.05 Å². The fraction of sp³-hybridized carbons (Fsp3) is 0.500. The molecular weight excluding hydrogens is 310 g/mol. The van der Waals surface area contributed by atoms with E-state index < -0.39 is 0 Å². The van der Waals surface area contributed by atoms with Gasteiger partial charge < -0.3 is 10.1 Å². The van der Waals surface area contributed by atoms with E-state index in [1.54, 1.807) is 10.9 Å². The van der Waals surface area contributed by atoms with Gasteiger partial charge in [-0.05, 0) is 38.9 Å². The quantitative estimate of drug-likeness (QED) is 0.731. The van der Waals surface area contributed by atoms with E-state index in [0.717, 1.165) is 23.6 Å². The summed E-state index contributed by atoms with van der Waals surface area (Å²) in [6.45, 7) is 8.09. The van der Waals surface area contributed by atoms with Crippen LogP contribution in [0.1, 0.15) is 33.6 Å². The second-order valence-corrected chi connectivity index (χ2v) is 6.82. The summed E-state index contributed by atoms with van der Waals surface area (Å²) in [5.74, 6) is 0.823. The zero-order valence-electron chi connectivity index (χ0n) is 14.4. The van der Waals surface area contributed by atoms with Crippen LogP contribution in [0.5, 0.6) is 5.75 Å². The number of hydrogen-bond acceptors (Lipinski definition) is 3. The minimum Gasteiger partial charge on any atom is -0.491 e. The first kappa shape index (κ1) is 17.8. The summed E-state index contributed by atoms with van der Waals surface area (Å²) in [5.41, 5.74) is 1.75. The first-order valence-corrected chi connectivity index (χ1v) is 8.47. The van der Waals surface area contributed by atoms with E-state index in [2.05, 4.69) is 31.2 Å². The standard InChI is InChI=1S/C18H26ClN3O/c1-5-6-11-20-18(2,3)13-23-16-10-8-7-9-14(16)17-15(19)12-21-22(17)4/h7-10,12,20H,5-6,11,13H2,1-4H3. The molecule has 4 nitrogen and oxygen atoms in total. The highest BCUT2D eigenvalue weighted by atomic mass is 35.5. The van der Waals surface area contributed by atoms with Gasteiger partial charge in [0.2, 0.25) is 0 Å². The average Bonchev–Trinajstić information content (AvgIpc) is 2.85. The van der Waals surface area contributed by atoms with E-state index in [1.165, 1.54) is 12.8 Å². The van der Waals surface area contributed by atoms with Crippen molar-refractivity contribution in [3.63, 3.8) is 0 Å². The second-order valence-electron chi connectivity index (χ2n) is 6.41. The van der Waals surface area contributed by atoms with E-state index in [0.29, 0.717) is 11.6 Å². The molecule has 0 radical (unpaired) electrons. The van der Waals surface area contributed by atoms with Crippen LogP contribution in [0, 0.1) is 0 Å². The summed E-state index contributed by atoms with van der Waals surface area (Å²) in [6, 6.07) is 7.94. The minimum absolute atomic E-state index is 0.0848. The molecule has 1 heterocycles. The number of halogens is 1. The summed E-state index contributed by atoms with van der Waals surface area (Å²) in [7, 11) is 1.88. The second kappa shape index (κ2) is 7.84. The SMILES string of the molecule is CCCCNC(C)(C)COc1ccccc1-c1c(Cl)cnn1C. The molecule has 23 heavy (non-hydrogen) atoms. The first-order valence-electron chi connectivity index (χ1n) is 8.09. The van der Waals surface area contributed by atoms with Crippen molar-refractivity contribution >= 4 is 11.6 Å². The number of nitrogens with zero attached hydrogens (tertiary/aromatic N) is 2. The Hall–Kier alpha value is -1.52. The van der Waals surface area contributed by atoms with Crippen LogP contribution in [0.3, 0.4) is 0 Å². The lowest BCUT2D eigenvalue weighted by atomic mass is 10.1. The van der Waals surface area contributed by atoms with Crippen molar-refractivity contribution < 1.29 is 4.74 Å². The topological polar surface area (TPSA) is 39.1 Å². The number of aryl methyl sites for hydroxylation is 1. The van der Waals surface area contributed by atoms with Crippen LogP contribution in [0.25, 0.3) is 11.3 Å². The number of rotatable bonds is 8. The zero-order valence-corrected chi connectivity index (χ0v) is 15.2. The molecule has 5 heteroatoms. The Morgan fingerprint density at radius 2 is 2.04 bits per heavy atom. The Bertz CT molecular complexity index is 617. The van der Waals surface area contributed by atoms with Gasteiger partial charge in [-0.3, -0.25) is 4.68 Å². The van der Waals surface area contributed by atoms with Gasteiger partial charge >= 0.3 is 0 Å². The Morgan fingerprint density at radius 3 is 2.70 bits per heavy atom. The third kappa shape index (κ3) is 4.72. The van der Waals surface area contributed by atoms with Crippen molar-refractivity contribution in [3.05, 3.63) is 35.5 Å². The maximum Gasteiger partial charge on any atom is 0.128 e. The molecule has 1 N–H and O–H groups in total. The number of para-hydroxylation sites is 1. The molecule has 0 unspecified atom stereocenters. The zero-order chi connectivity index (χ0) is 16.9. The summed E-state index contributed by atoms with van der Waals surface area (Å²) in [5, 5.41) is 8.38. The highest BCUT2D eigenvalue weighted by molar-refractivity contribution is 6.33. The van der Waals surface area contributed by atoms with Gasteiger partial charge in [-0.15, -0.1) is 0 Å². The third-order valence-corrected chi connectivity index (χ3v) is 4.04. The Morgan fingerprint density at radius 1 is 1.30 bits per heavy atom. The molecule has 2 aromatic rings. The molecule has 0 aliphatic heterocycles. The predicted octanol–water partition coefficient (Wildman–Crippen LogP) is 4.29. The molecule has 0 atom stereocenters. The molecule has 1 aromatic heterocycles. The molecule has 0 aliphatic carbocycles. The largest absolute Gasteiger partial charge is 0.491 e. The molecule has 0 saturated carbocycles. The lowest BCUT2D eigenvalue weighted by Crippen LogP contribution is -2.45. The van der Waals surface area contributed by atoms with Crippen LogP contribution >= 0.6 is 11.6 Å². The van der Waals surface area contributed by atoms with E-state index in [1.807, 2.05) is 31.3 Å². The van der Waals surface area contributed by atoms with Crippen molar-refractivity contribution in [1.82, 2.24) is 15.1 Å². The van der Waals surface area contributed by atoms with Crippen molar-refractivity contribution in [2.45, 2.75) is 39.2 Å². The van der Waals surface area contributed by atoms with Crippen molar-refractivity contribution in [2.75, 3.05) is 13.2 Å². The Kier molecular flexibility index (Phi) is 6.08. The number of benzene rings is 1. The molecule has 0 amide bonds. The smallest absolute Gasteiger partial charge is 0.128 e. The Labute approximate surface area is 143 Å². The number of ether oxygens (including phenoxy) is 1. The predicted molar refractivity (Wildman–Crippen MR) is 96.1 cm³/mol. The molecule has 1 aromatic carbocycles. The van der Waals surface area contributed by atoms with Gasteiger partial charge in [-0.2, -0.15) is 5.10 Å². The highest BCUT2D eigenvalue weighted by Gasteiger charge is 2.20. The Balaban J connectivity index is 2.13. The van der Waals surface area contributed by atoms with E-state index in [-0.39, 0.29) is 5.54 Å². The van der Waals surface area contributed by atoms with Crippen LogP contribution in [0.2, 0.25) is 5.02 Å². The fourth-order valence-electron chi connectivity index (χ4n) is 2.41. The summed E-state index contributed by atoms with van der Waals surface area (Å²) < 4.78 is 7.88. The maximum absolute atomic E-state index is 6.27. The monoisotopic (exact) mass is 335 g/mol. The van der Waals surface area contributed by atoms with Gasteiger partial charge in [0.15, 0.2) is 0 Å². The normalized spacial score (nSPS) is 11.7. The number of hydrogen-bond donors (Lipinski definition) is 1. The lowest BCUT2D eigenvalue weighted by molar-refractivity contribution is 0.209. The lowest BCUT2D eigenvalue weighted by Gasteiger charge is -2.27. The van der Waals surface area contributed by atoms with Gasteiger partial charge in [-0.1, -0.05) is 37.1 Å². The molecular formula is C18H26ClN3O. The number of nitrogens with one attached hydrogen (secondary N) is 1. The molecule has 0 spiro atoms. The van der Waals surface area contributed by atoms with Gasteiger partial charge in [0.1, 0.15) is 12.4 Å². The van der Waals surface area contributed by atoms with Crippen LogP contribution in [0.15, 0.2) is 30.5 Å². The minimum atomic E-state index is -0.0848. The molecule has 2 rings (SSSR count). The summed E-state index contributed by atoms with van der Waals surface area (Å²) >= 11 is 6.27. The van der Waals surface area contributed by atoms with Gasteiger partial charge in [-0.25, -0.2) is 0 Å². The van der Waals surface area contributed by atoms with Crippen LogP contribution in [-0.2, 0) is 7.05 Å².